The fraction of sp³-hybridized carbons (Fsp3) is 0.333. The van der Waals surface area contributed by atoms with Crippen molar-refractivity contribution < 1.29 is 17.3 Å². The van der Waals surface area contributed by atoms with Crippen LogP contribution in [0.1, 0.15) is 55.9 Å². The highest BCUT2D eigenvalue weighted by Crippen LogP contribution is 2.34. The Hall–Kier alpha value is -2.63. The Bertz CT molecular complexity index is 1130. The molecule has 0 aliphatic heterocycles. The van der Waals surface area contributed by atoms with Gasteiger partial charge in [-0.05, 0) is 47.2 Å². The van der Waals surface area contributed by atoms with Crippen LogP contribution in [0.3, 0.4) is 0 Å². The Morgan fingerprint density at radius 3 is 2.19 bits per heavy atom. The second-order valence-electron chi connectivity index (χ2n) is 9.23. The lowest BCUT2D eigenvalue weighted by Gasteiger charge is -2.25. The van der Waals surface area contributed by atoms with Gasteiger partial charge < -0.3 is 4.74 Å². The summed E-state index contributed by atoms with van der Waals surface area (Å²) in [4.78, 5) is 0.176. The van der Waals surface area contributed by atoms with Crippen LogP contribution in [0.5, 0.6) is 5.75 Å². The zero-order chi connectivity index (χ0) is 23.4. The Kier molecular flexibility index (Phi) is 7.42. The van der Waals surface area contributed by atoms with E-state index >= 15 is 0 Å². The molecule has 5 heteroatoms. The van der Waals surface area contributed by atoms with Crippen LogP contribution in [0.25, 0.3) is 0 Å². The predicted octanol–water partition coefficient (Wildman–Crippen LogP) is 6.38. The standard InChI is InChI=1S/C27H32O4S/c1-20-11-14-24(15-12-20)32(28,29)31-18-21(2)23-13-16-26(25(17-23)27(3,4)5)30-19-22-9-7-6-8-10-22/h6-17,21H,18-19H2,1-5H3. The van der Waals surface area contributed by atoms with E-state index in [1.54, 1.807) is 24.3 Å². The lowest BCUT2D eigenvalue weighted by molar-refractivity contribution is 0.293. The molecule has 0 N–H and O–H groups in total. The van der Waals surface area contributed by atoms with E-state index in [1.165, 1.54) is 0 Å². The highest BCUT2D eigenvalue weighted by Gasteiger charge is 2.22. The third-order valence-electron chi connectivity index (χ3n) is 5.40. The van der Waals surface area contributed by atoms with Crippen molar-refractivity contribution in [3.8, 4) is 5.75 Å². The minimum absolute atomic E-state index is 0.0734. The van der Waals surface area contributed by atoms with Gasteiger partial charge >= 0.3 is 0 Å². The number of hydrogen-bond acceptors (Lipinski definition) is 4. The lowest BCUT2D eigenvalue weighted by atomic mass is 9.84. The molecule has 32 heavy (non-hydrogen) atoms. The smallest absolute Gasteiger partial charge is 0.296 e. The molecule has 0 saturated carbocycles. The monoisotopic (exact) mass is 452 g/mol. The molecule has 0 aromatic heterocycles. The van der Waals surface area contributed by atoms with Crippen molar-refractivity contribution in [1.82, 2.24) is 0 Å². The molecular weight excluding hydrogens is 420 g/mol. The van der Waals surface area contributed by atoms with Gasteiger partial charge in [0.2, 0.25) is 0 Å². The number of rotatable bonds is 8. The Morgan fingerprint density at radius 2 is 1.56 bits per heavy atom. The second kappa shape index (κ2) is 9.88. The summed E-state index contributed by atoms with van der Waals surface area (Å²) in [6, 6.07) is 22.8. The van der Waals surface area contributed by atoms with Crippen molar-refractivity contribution in [2.24, 2.45) is 0 Å². The molecule has 0 spiro atoms. The molecule has 0 saturated heterocycles. The number of ether oxygens (including phenoxy) is 1. The van der Waals surface area contributed by atoms with E-state index in [9.17, 15) is 8.42 Å². The third kappa shape index (κ3) is 6.21. The van der Waals surface area contributed by atoms with Gasteiger partial charge in [-0.1, -0.05) is 87.9 Å². The Balaban J connectivity index is 1.74. The van der Waals surface area contributed by atoms with Gasteiger partial charge in [0.1, 0.15) is 12.4 Å². The largest absolute Gasteiger partial charge is 0.489 e. The first-order valence-corrected chi connectivity index (χ1v) is 12.2. The second-order valence-corrected chi connectivity index (χ2v) is 10.8. The maximum Gasteiger partial charge on any atom is 0.296 e. The summed E-state index contributed by atoms with van der Waals surface area (Å²) in [5, 5.41) is 0. The van der Waals surface area contributed by atoms with Crippen LogP contribution >= 0.6 is 0 Å². The Labute approximate surface area is 192 Å². The molecule has 0 heterocycles. The molecule has 1 unspecified atom stereocenters. The van der Waals surface area contributed by atoms with Crippen LogP contribution in [0.4, 0.5) is 0 Å². The summed E-state index contributed by atoms with van der Waals surface area (Å²) in [5.74, 6) is 0.741. The minimum atomic E-state index is -3.79. The molecule has 0 aliphatic carbocycles. The maximum atomic E-state index is 12.5. The van der Waals surface area contributed by atoms with Crippen molar-refractivity contribution in [3.63, 3.8) is 0 Å². The fourth-order valence-electron chi connectivity index (χ4n) is 3.36. The van der Waals surface area contributed by atoms with Crippen molar-refractivity contribution in [3.05, 3.63) is 95.1 Å². The van der Waals surface area contributed by atoms with E-state index in [2.05, 4.69) is 26.8 Å². The van der Waals surface area contributed by atoms with Gasteiger partial charge in [-0.15, -0.1) is 0 Å². The number of benzene rings is 3. The van der Waals surface area contributed by atoms with Crippen LogP contribution in [-0.2, 0) is 26.3 Å². The van der Waals surface area contributed by atoms with E-state index in [0.29, 0.717) is 6.61 Å². The zero-order valence-corrected chi connectivity index (χ0v) is 20.3. The van der Waals surface area contributed by atoms with Crippen LogP contribution in [0, 0.1) is 6.92 Å². The third-order valence-corrected chi connectivity index (χ3v) is 6.70. The molecule has 0 amide bonds. The van der Waals surface area contributed by atoms with Gasteiger partial charge in [-0.3, -0.25) is 4.18 Å². The van der Waals surface area contributed by atoms with Gasteiger partial charge in [0, 0.05) is 5.92 Å². The molecule has 3 aromatic carbocycles. The van der Waals surface area contributed by atoms with Crippen molar-refractivity contribution in [2.45, 2.75) is 57.5 Å². The lowest BCUT2D eigenvalue weighted by Crippen LogP contribution is -2.16. The summed E-state index contributed by atoms with van der Waals surface area (Å²) in [6.45, 7) is 10.9. The highest BCUT2D eigenvalue weighted by atomic mass is 32.2. The van der Waals surface area contributed by atoms with Gasteiger partial charge in [-0.2, -0.15) is 8.42 Å². The zero-order valence-electron chi connectivity index (χ0n) is 19.5. The molecule has 3 aromatic rings. The number of aryl methyl sites for hydroxylation is 1. The van der Waals surface area contributed by atoms with Crippen molar-refractivity contribution in [2.75, 3.05) is 6.61 Å². The van der Waals surface area contributed by atoms with Gasteiger partial charge in [0.25, 0.3) is 10.1 Å². The SMILES string of the molecule is Cc1ccc(S(=O)(=O)OCC(C)c2ccc(OCc3ccccc3)c(C(C)(C)C)c2)cc1. The van der Waals surface area contributed by atoms with Crippen LogP contribution in [0.2, 0.25) is 0 Å². The van der Waals surface area contributed by atoms with Crippen molar-refractivity contribution >= 4 is 10.1 Å². The fourth-order valence-corrected chi connectivity index (χ4v) is 4.35. The quantitative estimate of drug-likeness (QED) is 0.372. The first-order chi connectivity index (χ1) is 15.1. The van der Waals surface area contributed by atoms with Gasteiger partial charge in [0.05, 0.1) is 11.5 Å². The van der Waals surface area contributed by atoms with Crippen LogP contribution < -0.4 is 4.74 Å². The van der Waals surface area contributed by atoms with E-state index in [4.69, 9.17) is 8.92 Å². The molecular formula is C27H32O4S. The summed E-state index contributed by atoms with van der Waals surface area (Å²) in [6.07, 6.45) is 0. The molecule has 4 nitrogen and oxygen atoms in total. The first-order valence-electron chi connectivity index (χ1n) is 10.8. The molecule has 0 radical (unpaired) electrons. The highest BCUT2D eigenvalue weighted by molar-refractivity contribution is 7.86. The summed E-state index contributed by atoms with van der Waals surface area (Å²) in [5.41, 5.74) is 4.08. The molecule has 0 bridgehead atoms. The molecule has 170 valence electrons. The molecule has 3 rings (SSSR count). The van der Waals surface area contributed by atoms with Crippen molar-refractivity contribution in [1.29, 1.82) is 0 Å². The average Bonchev–Trinajstić information content (AvgIpc) is 2.76. The van der Waals surface area contributed by atoms with E-state index in [-0.39, 0.29) is 22.8 Å². The van der Waals surface area contributed by atoms with Crippen LogP contribution in [0.15, 0.2) is 77.7 Å². The summed E-state index contributed by atoms with van der Waals surface area (Å²) < 4.78 is 36.6. The summed E-state index contributed by atoms with van der Waals surface area (Å²) in [7, 11) is -3.79. The van der Waals surface area contributed by atoms with E-state index in [0.717, 1.165) is 28.0 Å². The average molecular weight is 453 g/mol. The normalized spacial score (nSPS) is 13.0. The minimum Gasteiger partial charge on any atom is -0.489 e. The molecule has 0 aliphatic rings. The van der Waals surface area contributed by atoms with E-state index < -0.39 is 10.1 Å². The molecule has 1 atom stereocenters. The maximum absolute atomic E-state index is 12.5. The summed E-state index contributed by atoms with van der Waals surface area (Å²) >= 11 is 0. The predicted molar refractivity (Wildman–Crippen MR) is 129 cm³/mol. The van der Waals surface area contributed by atoms with E-state index in [1.807, 2.05) is 56.3 Å². The number of hydrogen-bond donors (Lipinski definition) is 0. The van der Waals surface area contributed by atoms with Gasteiger partial charge in [0.15, 0.2) is 0 Å². The Morgan fingerprint density at radius 1 is 0.906 bits per heavy atom. The molecule has 0 fully saturated rings. The van der Waals surface area contributed by atoms with Gasteiger partial charge in [-0.25, -0.2) is 0 Å². The first kappa shape index (κ1) is 24.0. The topological polar surface area (TPSA) is 52.6 Å². The van der Waals surface area contributed by atoms with Crippen LogP contribution in [-0.4, -0.2) is 15.0 Å².